The zero-order chi connectivity index (χ0) is 21.5. The number of morpholine rings is 1. The summed E-state index contributed by atoms with van der Waals surface area (Å²) in [4.78, 5) is 20.3. The van der Waals surface area contributed by atoms with Gasteiger partial charge in [-0.3, -0.25) is 4.68 Å². The standard InChI is InChI=1S/C21H19ClFN7O/c1-12-8-24-19-18(15-4-3-14(22)7-16(15)23)27-21(28-20(19)26-12)30-5-6-31-17(11-30)13-9-25-29(2)10-13/h3-4,7-10,17H,5-6,11H2,1-2H3/t17-/m1/s1. The van der Waals surface area contributed by atoms with E-state index in [0.717, 1.165) is 11.3 Å². The molecule has 0 saturated carbocycles. The Bertz CT molecular complexity index is 1280. The third-order valence-corrected chi connectivity index (χ3v) is 5.38. The minimum Gasteiger partial charge on any atom is -0.370 e. The van der Waals surface area contributed by atoms with Crippen molar-refractivity contribution in [2.45, 2.75) is 13.0 Å². The SMILES string of the molecule is Cc1cnc2c(-c3ccc(Cl)cc3F)nc(N3CCO[C@@H](c4cnn(C)c4)C3)nc2n1. The Morgan fingerprint density at radius 3 is 2.84 bits per heavy atom. The maximum Gasteiger partial charge on any atom is 0.228 e. The van der Waals surface area contributed by atoms with E-state index in [0.29, 0.717) is 53.1 Å². The lowest BCUT2D eigenvalue weighted by Gasteiger charge is -2.32. The third kappa shape index (κ3) is 3.82. The van der Waals surface area contributed by atoms with E-state index in [9.17, 15) is 4.39 Å². The summed E-state index contributed by atoms with van der Waals surface area (Å²) < 4.78 is 22.4. The fourth-order valence-electron chi connectivity index (χ4n) is 3.63. The number of ether oxygens (including phenoxy) is 1. The van der Waals surface area contributed by atoms with Crippen molar-refractivity contribution in [3.63, 3.8) is 0 Å². The van der Waals surface area contributed by atoms with Gasteiger partial charge in [0.05, 0.1) is 25.0 Å². The second-order valence-electron chi connectivity index (χ2n) is 7.43. The number of nitrogens with zero attached hydrogens (tertiary/aromatic N) is 7. The summed E-state index contributed by atoms with van der Waals surface area (Å²) in [5, 5.41) is 4.54. The summed E-state index contributed by atoms with van der Waals surface area (Å²) >= 11 is 5.94. The number of aromatic nitrogens is 6. The van der Waals surface area contributed by atoms with Crippen LogP contribution < -0.4 is 4.90 Å². The highest BCUT2D eigenvalue weighted by molar-refractivity contribution is 6.30. The zero-order valence-electron chi connectivity index (χ0n) is 17.0. The topological polar surface area (TPSA) is 81.9 Å². The molecule has 1 aliphatic heterocycles. The van der Waals surface area contributed by atoms with E-state index in [2.05, 4.69) is 20.1 Å². The monoisotopic (exact) mass is 439 g/mol. The van der Waals surface area contributed by atoms with E-state index in [1.165, 1.54) is 6.07 Å². The highest BCUT2D eigenvalue weighted by Crippen LogP contribution is 2.31. The largest absolute Gasteiger partial charge is 0.370 e. The van der Waals surface area contributed by atoms with Crippen molar-refractivity contribution in [3.05, 3.63) is 58.9 Å². The second-order valence-corrected chi connectivity index (χ2v) is 7.87. The van der Waals surface area contributed by atoms with Gasteiger partial charge < -0.3 is 9.64 Å². The Morgan fingerprint density at radius 2 is 2.06 bits per heavy atom. The van der Waals surface area contributed by atoms with Crippen LogP contribution in [0, 0.1) is 12.7 Å². The molecule has 4 heterocycles. The van der Waals surface area contributed by atoms with Crippen LogP contribution in [0.15, 0.2) is 36.8 Å². The molecule has 4 aromatic rings. The molecule has 8 nitrogen and oxygen atoms in total. The molecule has 0 amide bonds. The first kappa shape index (κ1) is 19.8. The summed E-state index contributed by atoms with van der Waals surface area (Å²) in [5.41, 5.74) is 3.23. The van der Waals surface area contributed by atoms with Crippen molar-refractivity contribution in [2.75, 3.05) is 24.6 Å². The number of benzene rings is 1. The predicted molar refractivity (Wildman–Crippen MR) is 114 cm³/mol. The van der Waals surface area contributed by atoms with E-state index in [1.54, 1.807) is 29.2 Å². The maximum atomic E-state index is 14.8. The third-order valence-electron chi connectivity index (χ3n) is 5.15. The molecule has 10 heteroatoms. The molecule has 5 rings (SSSR count). The summed E-state index contributed by atoms with van der Waals surface area (Å²) in [6, 6.07) is 4.49. The smallest absolute Gasteiger partial charge is 0.228 e. The van der Waals surface area contributed by atoms with Crippen LogP contribution in [0.5, 0.6) is 0 Å². The predicted octanol–water partition coefficient (Wildman–Crippen LogP) is 3.50. The van der Waals surface area contributed by atoms with Crippen LogP contribution in [0.25, 0.3) is 22.4 Å². The molecule has 0 N–H and O–H groups in total. The summed E-state index contributed by atoms with van der Waals surface area (Å²) in [6.45, 7) is 3.48. The Hall–Kier alpha value is -3.17. The summed E-state index contributed by atoms with van der Waals surface area (Å²) in [7, 11) is 1.87. The number of hydrogen-bond donors (Lipinski definition) is 0. The molecular formula is C21H19ClFN7O. The van der Waals surface area contributed by atoms with E-state index in [1.807, 2.05) is 25.1 Å². The lowest BCUT2D eigenvalue weighted by Crippen LogP contribution is -2.39. The van der Waals surface area contributed by atoms with Crippen molar-refractivity contribution < 1.29 is 9.13 Å². The maximum absolute atomic E-state index is 14.8. The Balaban J connectivity index is 1.60. The molecule has 1 fully saturated rings. The van der Waals surface area contributed by atoms with Gasteiger partial charge in [-0.05, 0) is 25.1 Å². The van der Waals surface area contributed by atoms with E-state index < -0.39 is 5.82 Å². The van der Waals surface area contributed by atoms with Crippen molar-refractivity contribution >= 4 is 28.7 Å². The highest BCUT2D eigenvalue weighted by atomic mass is 35.5. The van der Waals surface area contributed by atoms with E-state index in [-0.39, 0.29) is 6.10 Å². The van der Waals surface area contributed by atoms with Gasteiger partial charge in [-0.2, -0.15) is 10.1 Å². The summed E-state index contributed by atoms with van der Waals surface area (Å²) in [5.74, 6) is -0.0232. The van der Waals surface area contributed by atoms with Crippen LogP contribution in [0.2, 0.25) is 5.02 Å². The van der Waals surface area contributed by atoms with Gasteiger partial charge in [-0.15, -0.1) is 0 Å². The lowest BCUT2D eigenvalue weighted by atomic mass is 10.1. The van der Waals surface area contributed by atoms with Crippen LogP contribution in [0.1, 0.15) is 17.4 Å². The van der Waals surface area contributed by atoms with Crippen LogP contribution in [0.3, 0.4) is 0 Å². The first-order valence-corrected chi connectivity index (χ1v) is 10.2. The average molecular weight is 440 g/mol. The van der Waals surface area contributed by atoms with E-state index >= 15 is 0 Å². The van der Waals surface area contributed by atoms with Gasteiger partial charge in [0.25, 0.3) is 0 Å². The Kier molecular flexibility index (Phi) is 4.99. The molecule has 1 atom stereocenters. The molecule has 0 unspecified atom stereocenters. The number of aryl methyl sites for hydroxylation is 2. The molecular weight excluding hydrogens is 421 g/mol. The van der Waals surface area contributed by atoms with Crippen molar-refractivity contribution in [3.8, 4) is 11.3 Å². The number of halogens is 2. The number of rotatable bonds is 3. The minimum atomic E-state index is -0.476. The van der Waals surface area contributed by atoms with Gasteiger partial charge in [-0.1, -0.05) is 11.6 Å². The Morgan fingerprint density at radius 1 is 1.19 bits per heavy atom. The molecule has 158 valence electrons. The zero-order valence-corrected chi connectivity index (χ0v) is 17.7. The van der Waals surface area contributed by atoms with Gasteiger partial charge in [0, 0.05) is 42.1 Å². The molecule has 0 bridgehead atoms. The molecule has 1 aromatic carbocycles. The molecule has 0 aliphatic carbocycles. The first-order chi connectivity index (χ1) is 15.0. The molecule has 3 aromatic heterocycles. The van der Waals surface area contributed by atoms with Gasteiger partial charge in [0.2, 0.25) is 5.95 Å². The molecule has 31 heavy (non-hydrogen) atoms. The molecule has 1 aliphatic rings. The lowest BCUT2D eigenvalue weighted by molar-refractivity contribution is 0.0392. The average Bonchev–Trinajstić information content (AvgIpc) is 3.19. The first-order valence-electron chi connectivity index (χ1n) is 9.80. The number of hydrogen-bond acceptors (Lipinski definition) is 7. The summed E-state index contributed by atoms with van der Waals surface area (Å²) in [6.07, 6.45) is 5.17. The number of fused-ring (bicyclic) bond motifs is 1. The van der Waals surface area contributed by atoms with Gasteiger partial charge in [0.1, 0.15) is 23.1 Å². The fourth-order valence-corrected chi connectivity index (χ4v) is 3.79. The van der Waals surface area contributed by atoms with Crippen molar-refractivity contribution in [2.24, 2.45) is 7.05 Å². The minimum absolute atomic E-state index is 0.166. The normalized spacial score (nSPS) is 16.8. The molecule has 0 radical (unpaired) electrons. The van der Waals surface area contributed by atoms with Crippen LogP contribution in [-0.2, 0) is 11.8 Å². The fraction of sp³-hybridized carbons (Fsp3) is 0.286. The highest BCUT2D eigenvalue weighted by Gasteiger charge is 2.26. The molecule has 1 saturated heterocycles. The van der Waals surface area contributed by atoms with Gasteiger partial charge >= 0.3 is 0 Å². The van der Waals surface area contributed by atoms with Gasteiger partial charge in [0.15, 0.2) is 5.65 Å². The van der Waals surface area contributed by atoms with Crippen LogP contribution in [-0.4, -0.2) is 49.4 Å². The van der Waals surface area contributed by atoms with Gasteiger partial charge in [-0.25, -0.2) is 19.3 Å². The van der Waals surface area contributed by atoms with Crippen LogP contribution >= 0.6 is 11.6 Å². The van der Waals surface area contributed by atoms with Crippen molar-refractivity contribution in [1.82, 2.24) is 29.7 Å². The number of anilines is 1. The quantitative estimate of drug-likeness (QED) is 0.483. The van der Waals surface area contributed by atoms with E-state index in [4.69, 9.17) is 21.3 Å². The van der Waals surface area contributed by atoms with Crippen LogP contribution in [0.4, 0.5) is 10.3 Å². The Labute approximate surface area is 182 Å². The molecule has 0 spiro atoms. The van der Waals surface area contributed by atoms with Crippen molar-refractivity contribution in [1.29, 1.82) is 0 Å². The second kappa shape index (κ2) is 7.82.